The van der Waals surface area contributed by atoms with Gasteiger partial charge < -0.3 is 28.8 Å². The van der Waals surface area contributed by atoms with Crippen molar-refractivity contribution in [1.82, 2.24) is 9.47 Å². The summed E-state index contributed by atoms with van der Waals surface area (Å²) in [5, 5.41) is 10.1. The highest BCUT2D eigenvalue weighted by molar-refractivity contribution is 5.95. The Hall–Kier alpha value is -3.45. The molecule has 3 aromatic rings. The summed E-state index contributed by atoms with van der Waals surface area (Å²) in [5.74, 6) is 1.91. The van der Waals surface area contributed by atoms with Gasteiger partial charge in [-0.2, -0.15) is 0 Å². The zero-order valence-electron chi connectivity index (χ0n) is 19.9. The van der Waals surface area contributed by atoms with E-state index < -0.39 is 11.7 Å². The van der Waals surface area contributed by atoms with Gasteiger partial charge in [0, 0.05) is 37.7 Å². The van der Waals surface area contributed by atoms with Crippen LogP contribution in [0, 0.1) is 0 Å². The Morgan fingerprint density at radius 2 is 1.89 bits per heavy atom. The van der Waals surface area contributed by atoms with Crippen LogP contribution in [0.25, 0.3) is 5.69 Å². The molecule has 0 radical (unpaired) electrons. The van der Waals surface area contributed by atoms with Gasteiger partial charge in [0.1, 0.15) is 11.9 Å². The molecule has 3 heterocycles. The average Bonchev–Trinajstić information content (AvgIpc) is 3.55. The third kappa shape index (κ3) is 3.74. The standard InChI is InChI=1S/C28H30N2O5/c1-33-25-18-19(11-12-24(25)34-23-9-4-7-21(23)31)27(32)29-16-13-28(14-17-29)26-10-5-15-30(26)20-6-2-3-8-22(20)35-28/h2-3,5-6,8,10-12,15,18,21,23,31H,4,7,9,13-14,16-17H2,1H3/t21-,23-/m1/s1. The molecule has 1 spiro atoms. The number of methoxy groups -OCH3 is 1. The second-order valence-corrected chi connectivity index (χ2v) is 9.64. The van der Waals surface area contributed by atoms with E-state index in [1.165, 1.54) is 0 Å². The summed E-state index contributed by atoms with van der Waals surface area (Å²) in [6.07, 6.45) is 5.33. The molecule has 1 aliphatic carbocycles. The number of carbonyl (C=O) groups excluding carboxylic acids is 1. The SMILES string of the molecule is COc1cc(C(=O)N2CCC3(CC2)Oc2ccccc2-n2cccc23)ccc1O[C@@H]1CCC[C@H]1O. The Balaban J connectivity index is 1.18. The number of aromatic nitrogens is 1. The molecule has 0 bridgehead atoms. The third-order valence-corrected chi connectivity index (χ3v) is 7.61. The minimum Gasteiger partial charge on any atom is -0.493 e. The summed E-state index contributed by atoms with van der Waals surface area (Å²) in [5.41, 5.74) is 2.32. The number of amides is 1. The fourth-order valence-electron chi connectivity index (χ4n) is 5.68. The van der Waals surface area contributed by atoms with Crippen LogP contribution in [-0.2, 0) is 5.60 Å². The molecule has 3 aliphatic rings. The number of para-hydroxylation sites is 2. The first kappa shape index (κ1) is 22.0. The van der Waals surface area contributed by atoms with E-state index in [-0.39, 0.29) is 12.0 Å². The van der Waals surface area contributed by atoms with Crippen molar-refractivity contribution in [3.8, 4) is 22.9 Å². The van der Waals surface area contributed by atoms with Crippen LogP contribution in [0.15, 0.2) is 60.8 Å². The minimum absolute atomic E-state index is 0.0304. The third-order valence-electron chi connectivity index (χ3n) is 7.61. The van der Waals surface area contributed by atoms with Crippen LogP contribution in [0.3, 0.4) is 0 Å². The first-order valence-electron chi connectivity index (χ1n) is 12.4. The number of likely N-dealkylation sites (tertiary alicyclic amines) is 1. The quantitative estimate of drug-likeness (QED) is 0.610. The molecule has 1 amide bonds. The Labute approximate surface area is 204 Å². The molecule has 2 fully saturated rings. The predicted molar refractivity (Wildman–Crippen MR) is 130 cm³/mol. The second-order valence-electron chi connectivity index (χ2n) is 9.64. The van der Waals surface area contributed by atoms with E-state index in [9.17, 15) is 9.90 Å². The highest BCUT2D eigenvalue weighted by Crippen LogP contribution is 2.45. The van der Waals surface area contributed by atoms with E-state index >= 15 is 0 Å². The van der Waals surface area contributed by atoms with Gasteiger partial charge in [0.25, 0.3) is 5.91 Å². The van der Waals surface area contributed by atoms with Gasteiger partial charge in [-0.3, -0.25) is 4.79 Å². The van der Waals surface area contributed by atoms with E-state index in [2.05, 4.69) is 29.0 Å². The van der Waals surface area contributed by atoms with Gasteiger partial charge in [0.05, 0.1) is 24.6 Å². The number of piperidine rings is 1. The second kappa shape index (κ2) is 8.64. The summed E-state index contributed by atoms with van der Waals surface area (Å²) in [6.45, 7) is 1.20. The highest BCUT2D eigenvalue weighted by atomic mass is 16.5. The molecular formula is C28H30N2O5. The highest BCUT2D eigenvalue weighted by Gasteiger charge is 2.44. The maximum atomic E-state index is 13.4. The van der Waals surface area contributed by atoms with Gasteiger partial charge in [-0.05, 0) is 61.7 Å². The van der Waals surface area contributed by atoms with Crippen LogP contribution < -0.4 is 14.2 Å². The maximum absolute atomic E-state index is 13.4. The van der Waals surface area contributed by atoms with Crippen molar-refractivity contribution in [2.75, 3.05) is 20.2 Å². The molecule has 2 aromatic carbocycles. The van der Waals surface area contributed by atoms with Gasteiger partial charge >= 0.3 is 0 Å². The van der Waals surface area contributed by atoms with E-state index in [4.69, 9.17) is 14.2 Å². The lowest BCUT2D eigenvalue weighted by Gasteiger charge is -2.45. The smallest absolute Gasteiger partial charge is 0.253 e. The van der Waals surface area contributed by atoms with Crippen LogP contribution >= 0.6 is 0 Å². The molecule has 7 heteroatoms. The van der Waals surface area contributed by atoms with Crippen molar-refractivity contribution in [3.05, 3.63) is 72.1 Å². The molecule has 2 aliphatic heterocycles. The first-order valence-corrected chi connectivity index (χ1v) is 12.4. The van der Waals surface area contributed by atoms with Crippen molar-refractivity contribution in [1.29, 1.82) is 0 Å². The summed E-state index contributed by atoms with van der Waals surface area (Å²) in [6, 6.07) is 17.6. The van der Waals surface area contributed by atoms with Gasteiger partial charge in [0.2, 0.25) is 0 Å². The summed E-state index contributed by atoms with van der Waals surface area (Å²) < 4.78 is 20.3. The Morgan fingerprint density at radius 3 is 2.66 bits per heavy atom. The zero-order valence-corrected chi connectivity index (χ0v) is 19.9. The zero-order chi connectivity index (χ0) is 24.0. The molecule has 1 N–H and O–H groups in total. The number of hydrogen-bond donors (Lipinski definition) is 1. The number of carbonyl (C=O) groups is 1. The van der Waals surface area contributed by atoms with Crippen LogP contribution in [0.5, 0.6) is 17.2 Å². The van der Waals surface area contributed by atoms with Gasteiger partial charge in [-0.25, -0.2) is 0 Å². The van der Waals surface area contributed by atoms with E-state index in [0.29, 0.717) is 30.2 Å². The maximum Gasteiger partial charge on any atom is 0.253 e. The van der Waals surface area contributed by atoms with Crippen LogP contribution in [0.1, 0.15) is 48.2 Å². The number of benzene rings is 2. The molecule has 1 saturated heterocycles. The van der Waals surface area contributed by atoms with E-state index in [1.54, 1.807) is 25.3 Å². The summed E-state index contributed by atoms with van der Waals surface area (Å²) in [4.78, 5) is 15.3. The van der Waals surface area contributed by atoms with Gasteiger partial charge in [0.15, 0.2) is 17.1 Å². The van der Waals surface area contributed by atoms with Crippen molar-refractivity contribution in [2.24, 2.45) is 0 Å². The number of rotatable bonds is 4. The van der Waals surface area contributed by atoms with E-state index in [1.807, 2.05) is 23.1 Å². The lowest BCUT2D eigenvalue weighted by atomic mass is 9.86. The lowest BCUT2D eigenvalue weighted by molar-refractivity contribution is -0.00932. The number of fused-ring (bicyclic) bond motifs is 4. The van der Waals surface area contributed by atoms with Crippen molar-refractivity contribution < 1.29 is 24.1 Å². The normalized spacial score (nSPS) is 22.3. The largest absolute Gasteiger partial charge is 0.493 e. The molecule has 1 aromatic heterocycles. The Morgan fingerprint density at radius 1 is 1.06 bits per heavy atom. The van der Waals surface area contributed by atoms with Crippen LogP contribution in [0.2, 0.25) is 0 Å². The average molecular weight is 475 g/mol. The van der Waals surface area contributed by atoms with Crippen LogP contribution in [-0.4, -0.2) is 52.9 Å². The molecule has 0 unspecified atom stereocenters. The first-order chi connectivity index (χ1) is 17.1. The minimum atomic E-state index is -0.461. The summed E-state index contributed by atoms with van der Waals surface area (Å²) >= 11 is 0. The number of aliphatic hydroxyl groups excluding tert-OH is 1. The van der Waals surface area contributed by atoms with Crippen molar-refractivity contribution in [3.63, 3.8) is 0 Å². The van der Waals surface area contributed by atoms with Gasteiger partial charge in [-0.15, -0.1) is 0 Å². The fourth-order valence-corrected chi connectivity index (χ4v) is 5.68. The monoisotopic (exact) mass is 474 g/mol. The van der Waals surface area contributed by atoms with Crippen molar-refractivity contribution in [2.45, 2.75) is 49.9 Å². The topological polar surface area (TPSA) is 73.2 Å². The summed E-state index contributed by atoms with van der Waals surface area (Å²) in [7, 11) is 1.57. The number of nitrogens with zero attached hydrogens (tertiary/aromatic N) is 2. The molecule has 7 nitrogen and oxygen atoms in total. The lowest BCUT2D eigenvalue weighted by Crippen LogP contribution is -2.50. The molecular weight excluding hydrogens is 444 g/mol. The fraction of sp³-hybridized carbons (Fsp3) is 0.393. The molecule has 1 saturated carbocycles. The molecule has 2 atom stereocenters. The number of ether oxygens (including phenoxy) is 3. The molecule has 35 heavy (non-hydrogen) atoms. The predicted octanol–water partition coefficient (Wildman–Crippen LogP) is 4.30. The van der Waals surface area contributed by atoms with E-state index in [0.717, 1.165) is 49.2 Å². The van der Waals surface area contributed by atoms with Gasteiger partial charge in [-0.1, -0.05) is 12.1 Å². The van der Waals surface area contributed by atoms with Crippen molar-refractivity contribution >= 4 is 5.91 Å². The Bertz CT molecular complexity index is 1240. The Kier molecular flexibility index (Phi) is 5.44. The molecule has 6 rings (SSSR count). The number of aliphatic hydroxyl groups is 1. The van der Waals surface area contributed by atoms with Crippen LogP contribution in [0.4, 0.5) is 0 Å². The number of hydrogen-bond acceptors (Lipinski definition) is 5. The molecule has 182 valence electrons.